The molecular formula is C11H7FIrN-. The van der Waals surface area contributed by atoms with Crippen LogP contribution in [0.2, 0.25) is 0 Å². The van der Waals surface area contributed by atoms with Gasteiger partial charge in [-0.3, -0.25) is 4.39 Å². The molecule has 1 nitrogen and oxygen atoms in total. The molecule has 0 bridgehead atoms. The van der Waals surface area contributed by atoms with Crippen LogP contribution in [0.15, 0.2) is 42.6 Å². The van der Waals surface area contributed by atoms with Gasteiger partial charge in [-0.15, -0.1) is 29.8 Å². The summed E-state index contributed by atoms with van der Waals surface area (Å²) in [7, 11) is 0. The molecule has 0 unspecified atom stereocenters. The second-order valence-corrected chi connectivity index (χ2v) is 2.64. The molecule has 14 heavy (non-hydrogen) atoms. The average Bonchev–Trinajstić information content (AvgIpc) is 2.20. The summed E-state index contributed by atoms with van der Waals surface area (Å²) in [5.74, 6) is -0.278. The van der Waals surface area contributed by atoms with Gasteiger partial charge in [0, 0.05) is 32.1 Å². The monoisotopic (exact) mass is 365 g/mol. The maximum atomic E-state index is 12.6. The number of rotatable bonds is 1. The molecule has 1 aromatic carbocycles. The predicted octanol–water partition coefficient (Wildman–Crippen LogP) is 2.69. The first-order chi connectivity index (χ1) is 6.36. The molecule has 0 fully saturated rings. The third kappa shape index (κ3) is 2.47. The molecule has 1 heterocycles. The Morgan fingerprint density at radius 3 is 2.57 bits per heavy atom. The van der Waals surface area contributed by atoms with Crippen molar-refractivity contribution in [1.29, 1.82) is 0 Å². The van der Waals surface area contributed by atoms with E-state index in [1.54, 1.807) is 12.3 Å². The maximum Gasteiger partial charge on any atom is 0.0379 e. The van der Waals surface area contributed by atoms with E-state index in [9.17, 15) is 4.39 Å². The van der Waals surface area contributed by atoms with Crippen LogP contribution in [0.4, 0.5) is 4.39 Å². The Kier molecular flexibility index (Phi) is 3.93. The van der Waals surface area contributed by atoms with Gasteiger partial charge in [0.05, 0.1) is 0 Å². The third-order valence-electron chi connectivity index (χ3n) is 1.72. The largest absolute Gasteiger partial charge is 0.305 e. The summed E-state index contributed by atoms with van der Waals surface area (Å²) < 4.78 is 12.6. The van der Waals surface area contributed by atoms with Crippen LogP contribution in [0.1, 0.15) is 0 Å². The topological polar surface area (TPSA) is 12.9 Å². The summed E-state index contributed by atoms with van der Waals surface area (Å²) in [6, 6.07) is 12.8. The van der Waals surface area contributed by atoms with Crippen molar-refractivity contribution >= 4 is 0 Å². The predicted molar refractivity (Wildman–Crippen MR) is 48.5 cm³/mol. The zero-order valence-corrected chi connectivity index (χ0v) is 9.60. The Balaban J connectivity index is 0.000000980. The van der Waals surface area contributed by atoms with Crippen LogP contribution in [0.5, 0.6) is 0 Å². The number of nitrogens with zero attached hydrogens (tertiary/aromatic N) is 1. The molecule has 0 N–H and O–H groups in total. The molecule has 1 aromatic heterocycles. The zero-order valence-electron chi connectivity index (χ0n) is 7.20. The van der Waals surface area contributed by atoms with E-state index in [4.69, 9.17) is 0 Å². The van der Waals surface area contributed by atoms with Gasteiger partial charge >= 0.3 is 0 Å². The van der Waals surface area contributed by atoms with Crippen molar-refractivity contribution < 1.29 is 24.5 Å². The summed E-state index contributed by atoms with van der Waals surface area (Å²) in [6.45, 7) is 0. The van der Waals surface area contributed by atoms with Crippen molar-refractivity contribution in [3.05, 3.63) is 54.5 Å². The molecule has 0 aliphatic rings. The minimum Gasteiger partial charge on any atom is -0.305 e. The van der Waals surface area contributed by atoms with Gasteiger partial charge in [0.15, 0.2) is 0 Å². The van der Waals surface area contributed by atoms with Gasteiger partial charge in [-0.05, 0) is 11.8 Å². The second kappa shape index (κ2) is 4.99. The molecule has 2 rings (SSSR count). The van der Waals surface area contributed by atoms with E-state index < -0.39 is 0 Å². The van der Waals surface area contributed by atoms with E-state index >= 15 is 0 Å². The second-order valence-electron chi connectivity index (χ2n) is 2.64. The fourth-order valence-corrected chi connectivity index (χ4v) is 1.09. The van der Waals surface area contributed by atoms with Crippen molar-refractivity contribution in [2.45, 2.75) is 0 Å². The van der Waals surface area contributed by atoms with Gasteiger partial charge < -0.3 is 4.98 Å². The molecule has 3 heteroatoms. The number of hydrogen-bond acceptors (Lipinski definition) is 1. The van der Waals surface area contributed by atoms with Crippen molar-refractivity contribution in [2.75, 3.05) is 0 Å². The van der Waals surface area contributed by atoms with Crippen LogP contribution in [0.3, 0.4) is 0 Å². The van der Waals surface area contributed by atoms with Crippen LogP contribution in [0.25, 0.3) is 11.3 Å². The number of hydrogen-bond donors (Lipinski definition) is 0. The molecule has 0 spiro atoms. The normalized spacial score (nSPS) is 9.21. The Morgan fingerprint density at radius 2 is 2.00 bits per heavy atom. The fourth-order valence-electron chi connectivity index (χ4n) is 1.09. The summed E-state index contributed by atoms with van der Waals surface area (Å²) in [5.41, 5.74) is 1.62. The molecule has 0 aliphatic heterocycles. The van der Waals surface area contributed by atoms with E-state index in [1.807, 2.05) is 18.2 Å². The molecule has 2 aromatic rings. The molecular weight excluding hydrogens is 357 g/mol. The molecule has 1 radical (unpaired) electrons. The van der Waals surface area contributed by atoms with Crippen LogP contribution >= 0.6 is 0 Å². The molecule has 0 aliphatic carbocycles. The first-order valence-electron chi connectivity index (χ1n) is 3.95. The number of pyridine rings is 1. The van der Waals surface area contributed by atoms with Gasteiger partial charge in [-0.1, -0.05) is 12.1 Å². The Hall–Kier alpha value is -1.05. The Morgan fingerprint density at radius 1 is 1.14 bits per heavy atom. The van der Waals surface area contributed by atoms with E-state index in [-0.39, 0.29) is 25.9 Å². The molecule has 0 atom stereocenters. The van der Waals surface area contributed by atoms with E-state index in [0.29, 0.717) is 0 Å². The van der Waals surface area contributed by atoms with Crippen molar-refractivity contribution in [3.63, 3.8) is 0 Å². The minimum absolute atomic E-state index is 0. The molecule has 0 amide bonds. The Bertz CT molecular complexity index is 386. The van der Waals surface area contributed by atoms with E-state index in [2.05, 4.69) is 11.1 Å². The average molecular weight is 364 g/mol. The van der Waals surface area contributed by atoms with Crippen LogP contribution in [-0.4, -0.2) is 4.98 Å². The molecule has 0 saturated heterocycles. The fraction of sp³-hybridized carbons (Fsp3) is 0. The van der Waals surface area contributed by atoms with Crippen LogP contribution in [0, 0.1) is 11.9 Å². The van der Waals surface area contributed by atoms with Gasteiger partial charge in [-0.25, -0.2) is 0 Å². The number of aromatic nitrogens is 1. The van der Waals surface area contributed by atoms with Crippen molar-refractivity contribution in [1.82, 2.24) is 4.98 Å². The maximum absolute atomic E-state index is 12.6. The number of halogens is 1. The standard InChI is InChI=1S/C11H7FN.Ir/c12-10-6-4-9(5-7-10)11-3-1-2-8-13-11;/h1-4,6-8H;/q-1;. The van der Waals surface area contributed by atoms with Crippen molar-refractivity contribution in [2.24, 2.45) is 0 Å². The van der Waals surface area contributed by atoms with Gasteiger partial charge in [0.25, 0.3) is 0 Å². The smallest absolute Gasteiger partial charge is 0.0379 e. The van der Waals surface area contributed by atoms with E-state index in [0.717, 1.165) is 11.3 Å². The van der Waals surface area contributed by atoms with Crippen molar-refractivity contribution in [3.8, 4) is 11.3 Å². The SMILES string of the molecule is Fc1c[c-]c(-c2ccccn2)cc1.[Ir]. The van der Waals surface area contributed by atoms with Gasteiger partial charge in [0.2, 0.25) is 0 Å². The quantitative estimate of drug-likeness (QED) is 0.709. The van der Waals surface area contributed by atoms with Crippen LogP contribution in [-0.2, 0) is 20.1 Å². The van der Waals surface area contributed by atoms with E-state index in [1.165, 1.54) is 12.1 Å². The van der Waals surface area contributed by atoms with Gasteiger partial charge in [0.1, 0.15) is 0 Å². The summed E-state index contributed by atoms with van der Waals surface area (Å²) in [5, 5.41) is 0. The first kappa shape index (κ1) is 11.0. The Labute approximate surface area is 95.4 Å². The summed E-state index contributed by atoms with van der Waals surface area (Å²) in [4.78, 5) is 4.12. The molecule has 73 valence electrons. The van der Waals surface area contributed by atoms with Crippen LogP contribution < -0.4 is 0 Å². The minimum atomic E-state index is -0.278. The van der Waals surface area contributed by atoms with Gasteiger partial charge in [-0.2, -0.15) is 0 Å². The summed E-state index contributed by atoms with van der Waals surface area (Å²) >= 11 is 0. The first-order valence-corrected chi connectivity index (χ1v) is 3.95. The summed E-state index contributed by atoms with van der Waals surface area (Å²) in [6.07, 6.45) is 1.70. The molecule has 0 saturated carbocycles. The zero-order chi connectivity index (χ0) is 9.10. The third-order valence-corrected chi connectivity index (χ3v) is 1.72. The number of benzene rings is 1.